The van der Waals surface area contributed by atoms with Crippen LogP contribution in [0.4, 0.5) is 5.69 Å². The molecule has 3 aromatic rings. The van der Waals surface area contributed by atoms with Gasteiger partial charge in [-0.3, -0.25) is 9.59 Å². The van der Waals surface area contributed by atoms with Crippen molar-refractivity contribution in [2.75, 3.05) is 5.32 Å². The number of rotatable bonds is 4. The standard InChI is InChI=1S/C18H18N2O3/c1-12-3-4-13(2)20(12)9-7-18(22)19-14-5-6-17-15(11-14)16(21)8-10-23-17/h3-6,8,10-11H,7,9H2,1-2H3,(H,19,22). The lowest BCUT2D eigenvalue weighted by molar-refractivity contribution is -0.116. The molecule has 2 aromatic heterocycles. The fraction of sp³-hybridized carbons (Fsp3) is 0.222. The van der Waals surface area contributed by atoms with Gasteiger partial charge in [0, 0.05) is 36.1 Å². The zero-order valence-corrected chi connectivity index (χ0v) is 13.1. The van der Waals surface area contributed by atoms with Crippen LogP contribution in [0.5, 0.6) is 0 Å². The number of carbonyl (C=O) groups excluding carboxylic acids is 1. The molecule has 0 aliphatic heterocycles. The molecule has 0 atom stereocenters. The van der Waals surface area contributed by atoms with E-state index in [0.717, 1.165) is 11.4 Å². The van der Waals surface area contributed by atoms with Gasteiger partial charge in [-0.2, -0.15) is 0 Å². The third-order valence-corrected chi connectivity index (χ3v) is 3.92. The van der Waals surface area contributed by atoms with Gasteiger partial charge < -0.3 is 14.3 Å². The number of nitrogens with one attached hydrogen (secondary N) is 1. The van der Waals surface area contributed by atoms with Crippen molar-refractivity contribution in [1.82, 2.24) is 4.57 Å². The molecule has 2 heterocycles. The van der Waals surface area contributed by atoms with Crippen LogP contribution in [0.1, 0.15) is 17.8 Å². The first-order valence-corrected chi connectivity index (χ1v) is 7.49. The SMILES string of the molecule is Cc1ccc(C)n1CCC(=O)Nc1ccc2occc(=O)c2c1. The lowest BCUT2D eigenvalue weighted by Crippen LogP contribution is -2.15. The van der Waals surface area contributed by atoms with Crippen molar-refractivity contribution < 1.29 is 9.21 Å². The van der Waals surface area contributed by atoms with E-state index in [1.165, 1.54) is 12.3 Å². The van der Waals surface area contributed by atoms with E-state index in [-0.39, 0.29) is 11.3 Å². The van der Waals surface area contributed by atoms with Crippen molar-refractivity contribution >= 4 is 22.6 Å². The molecule has 3 rings (SSSR count). The number of benzene rings is 1. The first kappa shape index (κ1) is 15.1. The highest BCUT2D eigenvalue weighted by Crippen LogP contribution is 2.16. The van der Waals surface area contributed by atoms with Crippen LogP contribution >= 0.6 is 0 Å². The number of amides is 1. The minimum atomic E-state index is -0.124. The fourth-order valence-corrected chi connectivity index (χ4v) is 2.65. The van der Waals surface area contributed by atoms with Crippen LogP contribution in [-0.4, -0.2) is 10.5 Å². The smallest absolute Gasteiger partial charge is 0.226 e. The minimum Gasteiger partial charge on any atom is -0.464 e. The Morgan fingerprint density at radius 3 is 2.61 bits per heavy atom. The van der Waals surface area contributed by atoms with Gasteiger partial charge in [0.1, 0.15) is 5.58 Å². The molecule has 0 unspecified atom stereocenters. The molecule has 0 aliphatic carbocycles. The predicted molar refractivity (Wildman–Crippen MR) is 89.6 cm³/mol. The molecule has 0 radical (unpaired) electrons. The van der Waals surface area contributed by atoms with E-state index in [4.69, 9.17) is 4.42 Å². The summed E-state index contributed by atoms with van der Waals surface area (Å²) >= 11 is 0. The number of anilines is 1. The first-order valence-electron chi connectivity index (χ1n) is 7.49. The molecular weight excluding hydrogens is 292 g/mol. The number of carbonyl (C=O) groups is 1. The highest BCUT2D eigenvalue weighted by Gasteiger charge is 2.07. The fourth-order valence-electron chi connectivity index (χ4n) is 2.65. The molecule has 0 saturated carbocycles. The molecule has 23 heavy (non-hydrogen) atoms. The molecular formula is C18H18N2O3. The molecule has 1 aromatic carbocycles. The maximum Gasteiger partial charge on any atom is 0.226 e. The Morgan fingerprint density at radius 2 is 1.87 bits per heavy atom. The van der Waals surface area contributed by atoms with Crippen LogP contribution in [0.2, 0.25) is 0 Å². The van der Waals surface area contributed by atoms with E-state index in [9.17, 15) is 9.59 Å². The first-order chi connectivity index (χ1) is 11.0. The predicted octanol–water partition coefficient (Wildman–Crippen LogP) is 3.24. The Labute approximate surface area is 133 Å². The zero-order valence-electron chi connectivity index (χ0n) is 13.1. The Kier molecular flexibility index (Phi) is 4.02. The summed E-state index contributed by atoms with van der Waals surface area (Å²) in [6, 6.07) is 10.5. The summed E-state index contributed by atoms with van der Waals surface area (Å²) in [6.45, 7) is 4.67. The van der Waals surface area contributed by atoms with Gasteiger partial charge in [-0.1, -0.05) is 0 Å². The van der Waals surface area contributed by atoms with E-state index >= 15 is 0 Å². The van der Waals surface area contributed by atoms with E-state index in [1.807, 2.05) is 26.0 Å². The van der Waals surface area contributed by atoms with Crippen LogP contribution in [0.25, 0.3) is 11.0 Å². The van der Waals surface area contributed by atoms with Crippen molar-refractivity contribution in [3.63, 3.8) is 0 Å². The molecule has 118 valence electrons. The van der Waals surface area contributed by atoms with Gasteiger partial charge in [0.2, 0.25) is 5.91 Å². The number of hydrogen-bond donors (Lipinski definition) is 1. The second-order valence-electron chi connectivity index (χ2n) is 5.56. The molecule has 1 N–H and O–H groups in total. The average molecular weight is 310 g/mol. The number of nitrogens with zero attached hydrogens (tertiary/aromatic N) is 1. The van der Waals surface area contributed by atoms with Gasteiger partial charge in [0.05, 0.1) is 11.6 Å². The van der Waals surface area contributed by atoms with Crippen molar-refractivity contribution in [3.8, 4) is 0 Å². The maximum atomic E-state index is 12.1. The van der Waals surface area contributed by atoms with Crippen LogP contribution < -0.4 is 10.7 Å². The third-order valence-electron chi connectivity index (χ3n) is 3.92. The van der Waals surface area contributed by atoms with Crippen molar-refractivity contribution in [2.45, 2.75) is 26.8 Å². The number of fused-ring (bicyclic) bond motifs is 1. The van der Waals surface area contributed by atoms with Gasteiger partial charge in [-0.15, -0.1) is 0 Å². The molecule has 0 aliphatic rings. The molecule has 1 amide bonds. The molecule has 5 nitrogen and oxygen atoms in total. The lowest BCUT2D eigenvalue weighted by atomic mass is 10.2. The van der Waals surface area contributed by atoms with Gasteiger partial charge in [0.15, 0.2) is 5.43 Å². The summed E-state index contributed by atoms with van der Waals surface area (Å²) in [5, 5.41) is 3.29. The van der Waals surface area contributed by atoms with Gasteiger partial charge in [-0.25, -0.2) is 0 Å². The average Bonchev–Trinajstić information content (AvgIpc) is 2.85. The topological polar surface area (TPSA) is 64.2 Å². The van der Waals surface area contributed by atoms with E-state index < -0.39 is 0 Å². The number of aromatic nitrogens is 1. The molecule has 0 spiro atoms. The molecule has 5 heteroatoms. The van der Waals surface area contributed by atoms with E-state index in [0.29, 0.717) is 29.6 Å². The number of aryl methyl sites for hydroxylation is 2. The summed E-state index contributed by atoms with van der Waals surface area (Å²) in [5.41, 5.74) is 3.26. The summed E-state index contributed by atoms with van der Waals surface area (Å²) in [5.74, 6) is -0.0860. The molecule has 0 bridgehead atoms. The van der Waals surface area contributed by atoms with Gasteiger partial charge >= 0.3 is 0 Å². The summed E-state index contributed by atoms with van der Waals surface area (Å²) in [7, 11) is 0. The third kappa shape index (κ3) is 3.18. The van der Waals surface area contributed by atoms with Crippen LogP contribution in [-0.2, 0) is 11.3 Å². The summed E-state index contributed by atoms with van der Waals surface area (Å²) < 4.78 is 7.36. The largest absolute Gasteiger partial charge is 0.464 e. The molecule has 0 saturated heterocycles. The lowest BCUT2D eigenvalue weighted by Gasteiger charge is -2.10. The van der Waals surface area contributed by atoms with Gasteiger partial charge in [0.25, 0.3) is 0 Å². The maximum absolute atomic E-state index is 12.1. The zero-order chi connectivity index (χ0) is 16.4. The van der Waals surface area contributed by atoms with Crippen molar-refractivity contribution in [1.29, 1.82) is 0 Å². The van der Waals surface area contributed by atoms with Crippen LogP contribution in [0.15, 0.2) is 51.9 Å². The Balaban J connectivity index is 1.70. The Hall–Kier alpha value is -2.82. The highest BCUT2D eigenvalue weighted by molar-refractivity contribution is 5.93. The molecule has 0 fully saturated rings. The monoisotopic (exact) mass is 310 g/mol. The summed E-state index contributed by atoms with van der Waals surface area (Å²) in [4.78, 5) is 23.9. The second-order valence-corrected chi connectivity index (χ2v) is 5.56. The van der Waals surface area contributed by atoms with E-state index in [1.54, 1.807) is 18.2 Å². The van der Waals surface area contributed by atoms with E-state index in [2.05, 4.69) is 9.88 Å². The Morgan fingerprint density at radius 1 is 1.13 bits per heavy atom. The highest BCUT2D eigenvalue weighted by atomic mass is 16.3. The van der Waals surface area contributed by atoms with Crippen molar-refractivity contribution in [3.05, 3.63) is 64.3 Å². The van der Waals surface area contributed by atoms with Crippen LogP contribution in [0.3, 0.4) is 0 Å². The number of hydrogen-bond acceptors (Lipinski definition) is 3. The minimum absolute atomic E-state index is 0.0860. The summed E-state index contributed by atoms with van der Waals surface area (Å²) in [6.07, 6.45) is 1.74. The second kappa shape index (κ2) is 6.12. The van der Waals surface area contributed by atoms with Crippen molar-refractivity contribution in [2.24, 2.45) is 0 Å². The normalized spacial score (nSPS) is 10.9. The Bertz CT molecular complexity index is 902. The van der Waals surface area contributed by atoms with Gasteiger partial charge in [-0.05, 0) is 44.2 Å². The van der Waals surface area contributed by atoms with Crippen LogP contribution in [0, 0.1) is 13.8 Å². The quantitative estimate of drug-likeness (QED) is 0.804.